The van der Waals surface area contributed by atoms with Crippen molar-refractivity contribution in [1.29, 1.82) is 0 Å². The van der Waals surface area contributed by atoms with Crippen LogP contribution in [0.3, 0.4) is 0 Å². The van der Waals surface area contributed by atoms with Crippen molar-refractivity contribution in [2.24, 2.45) is 5.84 Å². The van der Waals surface area contributed by atoms with Crippen molar-refractivity contribution < 1.29 is 0 Å². The highest BCUT2D eigenvalue weighted by Gasteiger charge is 2.06. The first-order valence-electron chi connectivity index (χ1n) is 4.16. The summed E-state index contributed by atoms with van der Waals surface area (Å²) in [5.41, 5.74) is 2.45. The molecule has 0 fully saturated rings. The van der Waals surface area contributed by atoms with Gasteiger partial charge in [0, 0.05) is 0 Å². The van der Waals surface area contributed by atoms with Gasteiger partial charge in [0.1, 0.15) is 5.03 Å². The quantitative estimate of drug-likeness (QED) is 0.491. The van der Waals surface area contributed by atoms with Crippen LogP contribution >= 0.6 is 34.9 Å². The predicted molar refractivity (Wildman–Crippen MR) is 65.7 cm³/mol. The van der Waals surface area contributed by atoms with Crippen LogP contribution in [-0.4, -0.2) is 26.4 Å². The summed E-state index contributed by atoms with van der Waals surface area (Å²) in [5.74, 6) is 5.77. The number of anilines is 1. The fourth-order valence-electron chi connectivity index (χ4n) is 0.877. The Hall–Kier alpha value is -0.900. The molecule has 0 unspecified atom stereocenters. The molecule has 0 aromatic carbocycles. The van der Waals surface area contributed by atoms with Gasteiger partial charge < -0.3 is 5.43 Å². The summed E-state index contributed by atoms with van der Waals surface area (Å²) in [6.45, 7) is 0. The highest BCUT2D eigenvalue weighted by molar-refractivity contribution is 8.02. The van der Waals surface area contributed by atoms with Gasteiger partial charge in [0.05, 0.1) is 12.4 Å². The van der Waals surface area contributed by atoms with E-state index in [1.165, 1.54) is 23.1 Å². The summed E-state index contributed by atoms with van der Waals surface area (Å²) in [6, 6.07) is 0. The van der Waals surface area contributed by atoms with E-state index in [4.69, 9.17) is 5.84 Å². The lowest BCUT2D eigenvalue weighted by Gasteiger charge is -1.99. The van der Waals surface area contributed by atoms with Gasteiger partial charge in [0.25, 0.3) is 0 Å². The highest BCUT2D eigenvalue weighted by Crippen LogP contribution is 2.31. The summed E-state index contributed by atoms with van der Waals surface area (Å²) in [7, 11) is 0. The molecule has 6 nitrogen and oxygen atoms in total. The molecule has 84 valence electrons. The van der Waals surface area contributed by atoms with Gasteiger partial charge in [-0.2, -0.15) is 0 Å². The van der Waals surface area contributed by atoms with E-state index < -0.39 is 0 Å². The van der Waals surface area contributed by atoms with E-state index in [-0.39, 0.29) is 0 Å². The van der Waals surface area contributed by atoms with Gasteiger partial charge in [-0.1, -0.05) is 23.1 Å². The number of hydrazine groups is 1. The second kappa shape index (κ2) is 5.43. The van der Waals surface area contributed by atoms with E-state index in [9.17, 15) is 0 Å². The molecule has 9 heteroatoms. The number of nitrogens with one attached hydrogen (secondary N) is 1. The third-order valence-electron chi connectivity index (χ3n) is 1.51. The van der Waals surface area contributed by atoms with Crippen molar-refractivity contribution in [3.05, 3.63) is 12.4 Å². The van der Waals surface area contributed by atoms with Crippen LogP contribution in [0.5, 0.6) is 0 Å². The van der Waals surface area contributed by atoms with Crippen LogP contribution in [0.25, 0.3) is 0 Å². The van der Waals surface area contributed by atoms with E-state index in [0.717, 1.165) is 13.7 Å². The van der Waals surface area contributed by atoms with Crippen molar-refractivity contribution in [3.8, 4) is 0 Å². The molecule has 0 aliphatic carbocycles. The monoisotopic (exact) mass is 272 g/mol. The number of nitrogens with zero attached hydrogens (tertiary/aromatic N) is 4. The number of hydrogen-bond donors (Lipinski definition) is 2. The second-order valence-corrected chi connectivity index (χ2v) is 5.83. The molecule has 0 saturated heterocycles. The van der Waals surface area contributed by atoms with Crippen LogP contribution in [0.2, 0.25) is 0 Å². The SMILES string of the molecule is CSc1nnc(Sc2cncc(NN)n2)s1. The van der Waals surface area contributed by atoms with Crippen LogP contribution in [-0.2, 0) is 0 Å². The molecule has 0 bridgehead atoms. The van der Waals surface area contributed by atoms with Crippen molar-refractivity contribution in [3.63, 3.8) is 0 Å². The average molecular weight is 272 g/mol. The second-order valence-electron chi connectivity index (χ2n) is 2.53. The highest BCUT2D eigenvalue weighted by atomic mass is 32.2. The molecule has 2 aromatic heterocycles. The summed E-state index contributed by atoms with van der Waals surface area (Å²) >= 11 is 4.51. The molecule has 0 aliphatic heterocycles. The number of rotatable bonds is 4. The maximum Gasteiger partial charge on any atom is 0.181 e. The minimum absolute atomic E-state index is 0.527. The molecule has 2 aromatic rings. The molecule has 0 spiro atoms. The van der Waals surface area contributed by atoms with E-state index in [2.05, 4.69) is 25.6 Å². The Morgan fingerprint density at radius 3 is 2.81 bits per heavy atom. The van der Waals surface area contributed by atoms with E-state index in [1.54, 1.807) is 24.2 Å². The standard InChI is InChI=1S/C7H8N6S3/c1-14-6-12-13-7(16-6)15-5-3-9-2-4(10-5)11-8/h2-3H,8H2,1H3,(H,10,11). The van der Waals surface area contributed by atoms with Crippen molar-refractivity contribution in [2.75, 3.05) is 11.7 Å². The maximum absolute atomic E-state index is 5.25. The lowest BCUT2D eigenvalue weighted by Crippen LogP contribution is -2.08. The minimum atomic E-state index is 0.527. The Bertz CT molecular complexity index is 473. The lowest BCUT2D eigenvalue weighted by molar-refractivity contribution is 0.951. The zero-order valence-corrected chi connectivity index (χ0v) is 10.7. The van der Waals surface area contributed by atoms with Crippen molar-refractivity contribution in [2.45, 2.75) is 13.7 Å². The molecule has 2 heterocycles. The predicted octanol–water partition coefficient (Wildman–Crippen LogP) is 1.49. The molecule has 0 radical (unpaired) electrons. The van der Waals surface area contributed by atoms with Gasteiger partial charge in [0.2, 0.25) is 0 Å². The Labute approximate surface area is 104 Å². The van der Waals surface area contributed by atoms with Gasteiger partial charge >= 0.3 is 0 Å². The molecular formula is C7H8N6S3. The van der Waals surface area contributed by atoms with Gasteiger partial charge in [-0.3, -0.25) is 4.98 Å². The first-order valence-corrected chi connectivity index (χ1v) is 7.01. The number of aromatic nitrogens is 4. The third kappa shape index (κ3) is 2.82. The molecule has 0 saturated carbocycles. The molecule has 0 aliphatic rings. The smallest absolute Gasteiger partial charge is 0.181 e. The van der Waals surface area contributed by atoms with Crippen LogP contribution in [0.15, 0.2) is 26.1 Å². The normalized spacial score (nSPS) is 10.4. The van der Waals surface area contributed by atoms with Gasteiger partial charge in [0.15, 0.2) is 14.5 Å². The van der Waals surface area contributed by atoms with Gasteiger partial charge in [-0.25, -0.2) is 10.8 Å². The van der Waals surface area contributed by atoms with E-state index >= 15 is 0 Å². The van der Waals surface area contributed by atoms with E-state index in [1.807, 2.05) is 6.26 Å². The zero-order chi connectivity index (χ0) is 11.4. The van der Waals surface area contributed by atoms with Crippen LogP contribution in [0.4, 0.5) is 5.82 Å². The maximum atomic E-state index is 5.25. The summed E-state index contributed by atoms with van der Waals surface area (Å²) in [5, 5.41) is 8.76. The summed E-state index contributed by atoms with van der Waals surface area (Å²) in [6.07, 6.45) is 5.18. The molecule has 3 N–H and O–H groups in total. The Kier molecular flexibility index (Phi) is 3.93. The number of thioether (sulfide) groups is 1. The summed E-state index contributed by atoms with van der Waals surface area (Å²) in [4.78, 5) is 8.22. The third-order valence-corrected chi connectivity index (χ3v) is 4.37. The minimum Gasteiger partial charge on any atom is -0.307 e. The molecule has 0 amide bonds. The number of nitrogens with two attached hydrogens (primary N) is 1. The first kappa shape index (κ1) is 11.6. The van der Waals surface area contributed by atoms with Crippen molar-refractivity contribution in [1.82, 2.24) is 20.2 Å². The zero-order valence-electron chi connectivity index (χ0n) is 8.25. The Morgan fingerprint density at radius 2 is 2.12 bits per heavy atom. The fraction of sp³-hybridized carbons (Fsp3) is 0.143. The largest absolute Gasteiger partial charge is 0.307 e. The molecular weight excluding hydrogens is 264 g/mol. The van der Waals surface area contributed by atoms with Crippen LogP contribution in [0.1, 0.15) is 0 Å². The Balaban J connectivity index is 2.13. The topological polar surface area (TPSA) is 89.6 Å². The average Bonchev–Trinajstić information content (AvgIpc) is 2.77. The van der Waals surface area contributed by atoms with Crippen molar-refractivity contribution >= 4 is 40.7 Å². The van der Waals surface area contributed by atoms with E-state index in [0.29, 0.717) is 5.82 Å². The van der Waals surface area contributed by atoms with Gasteiger partial charge in [-0.15, -0.1) is 10.2 Å². The fourth-order valence-corrected chi connectivity index (χ4v) is 3.22. The molecule has 16 heavy (non-hydrogen) atoms. The number of nitrogen functional groups attached to an aromatic ring is 1. The summed E-state index contributed by atoms with van der Waals surface area (Å²) < 4.78 is 1.77. The van der Waals surface area contributed by atoms with Gasteiger partial charge in [-0.05, 0) is 18.0 Å². The van der Waals surface area contributed by atoms with Crippen LogP contribution in [0, 0.1) is 0 Å². The first-order chi connectivity index (χ1) is 7.81. The lowest BCUT2D eigenvalue weighted by atomic mass is 10.7. The molecule has 2 rings (SSSR count). The number of hydrogen-bond acceptors (Lipinski definition) is 9. The van der Waals surface area contributed by atoms with Crippen LogP contribution < -0.4 is 11.3 Å². The molecule has 0 atom stereocenters. The Morgan fingerprint density at radius 1 is 1.31 bits per heavy atom.